The number of hydrogen-bond donors (Lipinski definition) is 0. The van der Waals surface area contributed by atoms with Gasteiger partial charge in [-0.15, -0.1) is 35.8 Å². The van der Waals surface area contributed by atoms with E-state index in [2.05, 4.69) is 9.91 Å². The second kappa shape index (κ2) is 7.13. The minimum absolute atomic E-state index is 0.239. The van der Waals surface area contributed by atoms with Crippen LogP contribution >= 0.6 is 22.7 Å². The van der Waals surface area contributed by atoms with Crippen LogP contribution in [0.1, 0.15) is 30.7 Å². The first-order valence-corrected chi connectivity index (χ1v) is 9.25. The van der Waals surface area contributed by atoms with Gasteiger partial charge in [-0.1, -0.05) is 18.5 Å². The lowest BCUT2D eigenvalue weighted by Crippen LogP contribution is -2.16. The van der Waals surface area contributed by atoms with Crippen LogP contribution in [-0.4, -0.2) is 6.36 Å². The first-order chi connectivity index (χ1) is 11.9. The topological polar surface area (TPSA) is 38.7 Å². The van der Waals surface area contributed by atoms with Crippen molar-refractivity contribution in [3.8, 4) is 16.2 Å². The molecule has 132 valence electrons. The molecule has 0 N–H and O–H groups in total. The van der Waals surface area contributed by atoms with Crippen LogP contribution in [0, 0.1) is 4.91 Å². The van der Waals surface area contributed by atoms with Crippen LogP contribution in [0.15, 0.2) is 41.6 Å². The van der Waals surface area contributed by atoms with Gasteiger partial charge in [-0.3, -0.25) is 0 Å². The summed E-state index contributed by atoms with van der Waals surface area (Å²) in [5.74, 6) is -0.239. The molecule has 0 spiro atoms. The van der Waals surface area contributed by atoms with E-state index >= 15 is 0 Å². The molecule has 1 aromatic carbocycles. The van der Waals surface area contributed by atoms with Crippen LogP contribution in [-0.2, 0) is 0 Å². The molecule has 0 saturated carbocycles. The summed E-state index contributed by atoms with van der Waals surface area (Å²) >= 11 is 3.08. The van der Waals surface area contributed by atoms with Crippen LogP contribution in [0.5, 0.6) is 5.75 Å². The quantitative estimate of drug-likeness (QED) is 0.423. The molecule has 0 aliphatic carbocycles. The molecule has 3 nitrogen and oxygen atoms in total. The van der Waals surface area contributed by atoms with Crippen molar-refractivity contribution in [2.24, 2.45) is 5.18 Å². The van der Waals surface area contributed by atoms with Crippen LogP contribution in [0.4, 0.5) is 13.2 Å². The fourth-order valence-electron chi connectivity index (χ4n) is 2.50. The van der Waals surface area contributed by atoms with Crippen LogP contribution < -0.4 is 4.74 Å². The van der Waals surface area contributed by atoms with Gasteiger partial charge in [0.15, 0.2) is 0 Å². The molecule has 1 atom stereocenters. The highest BCUT2D eigenvalue weighted by atomic mass is 32.1. The molecule has 2 heterocycles. The minimum Gasteiger partial charge on any atom is -0.406 e. The van der Waals surface area contributed by atoms with Crippen LogP contribution in [0.2, 0.25) is 0 Å². The van der Waals surface area contributed by atoms with Gasteiger partial charge in [0, 0.05) is 19.2 Å². The predicted molar refractivity (Wildman–Crippen MR) is 95.3 cm³/mol. The van der Waals surface area contributed by atoms with E-state index in [9.17, 15) is 18.1 Å². The zero-order valence-electron chi connectivity index (χ0n) is 13.2. The van der Waals surface area contributed by atoms with Gasteiger partial charge in [0.25, 0.3) is 0 Å². The Bertz CT molecular complexity index is 837. The van der Waals surface area contributed by atoms with Crippen molar-refractivity contribution in [2.45, 2.75) is 32.2 Å². The summed E-state index contributed by atoms with van der Waals surface area (Å²) in [6, 6.07) is 9.47. The number of alkyl halides is 3. The monoisotopic (exact) mass is 385 g/mol. The smallest absolute Gasteiger partial charge is 0.406 e. The Hall–Kier alpha value is -1.93. The Kier molecular flexibility index (Phi) is 5.10. The molecule has 0 radical (unpaired) electrons. The van der Waals surface area contributed by atoms with E-state index in [-0.39, 0.29) is 11.8 Å². The number of fused-ring (bicyclic) bond motifs is 1. The van der Waals surface area contributed by atoms with E-state index < -0.39 is 6.36 Å². The molecule has 0 aliphatic rings. The predicted octanol–water partition coefficient (Wildman–Crippen LogP) is 7.14. The van der Waals surface area contributed by atoms with Gasteiger partial charge in [-0.05, 0) is 48.4 Å². The minimum atomic E-state index is -4.69. The standard InChI is InChI=1S/C17H14F3NO2S2/c1-2-3-12(21-22)14-9-16-15(25-14)8-13(24-16)10-4-6-11(7-5-10)23-17(18,19)20/h4-9,12H,2-3H2,1H3. The molecule has 0 saturated heterocycles. The Morgan fingerprint density at radius 3 is 2.36 bits per heavy atom. The number of halogens is 3. The molecule has 3 rings (SSSR count). The van der Waals surface area contributed by atoms with E-state index in [4.69, 9.17) is 0 Å². The van der Waals surface area contributed by atoms with Crippen molar-refractivity contribution in [1.82, 2.24) is 0 Å². The highest BCUT2D eigenvalue weighted by Crippen LogP contribution is 2.41. The number of thiophene rings is 2. The summed E-state index contributed by atoms with van der Waals surface area (Å²) in [4.78, 5) is 12.9. The fourth-order valence-corrected chi connectivity index (χ4v) is 4.98. The van der Waals surface area contributed by atoms with E-state index in [1.165, 1.54) is 34.8 Å². The van der Waals surface area contributed by atoms with Crippen molar-refractivity contribution in [1.29, 1.82) is 0 Å². The fraction of sp³-hybridized carbons (Fsp3) is 0.294. The van der Waals surface area contributed by atoms with Gasteiger partial charge >= 0.3 is 6.36 Å². The average molecular weight is 385 g/mol. The molecule has 0 amide bonds. The van der Waals surface area contributed by atoms with Crippen molar-refractivity contribution in [3.05, 3.63) is 46.2 Å². The maximum absolute atomic E-state index is 12.2. The largest absolute Gasteiger partial charge is 0.573 e. The third kappa shape index (κ3) is 4.19. The van der Waals surface area contributed by atoms with Crippen LogP contribution in [0.3, 0.4) is 0 Å². The molecular formula is C17H14F3NO2S2. The zero-order chi connectivity index (χ0) is 18.0. The van der Waals surface area contributed by atoms with Crippen molar-refractivity contribution in [3.63, 3.8) is 0 Å². The summed E-state index contributed by atoms with van der Waals surface area (Å²) in [7, 11) is 0. The molecule has 25 heavy (non-hydrogen) atoms. The van der Waals surface area contributed by atoms with E-state index in [0.29, 0.717) is 0 Å². The van der Waals surface area contributed by atoms with E-state index in [1.807, 2.05) is 19.1 Å². The molecule has 2 aromatic heterocycles. The molecule has 0 aliphatic heterocycles. The maximum atomic E-state index is 12.2. The number of hydrogen-bond acceptors (Lipinski definition) is 5. The second-order valence-corrected chi connectivity index (χ2v) is 7.67. The number of benzene rings is 1. The molecule has 3 aromatic rings. The number of nitrogens with zero attached hydrogens (tertiary/aromatic N) is 1. The van der Waals surface area contributed by atoms with Crippen LogP contribution in [0.25, 0.3) is 19.8 Å². The Balaban J connectivity index is 1.82. The van der Waals surface area contributed by atoms with Gasteiger partial charge in [-0.2, -0.15) is 4.91 Å². The Labute approximate surface area is 150 Å². The summed E-state index contributed by atoms with van der Waals surface area (Å²) < 4.78 is 42.6. The third-order valence-electron chi connectivity index (χ3n) is 3.62. The number of rotatable bonds is 6. The Morgan fingerprint density at radius 2 is 1.80 bits per heavy atom. The van der Waals surface area contributed by atoms with Gasteiger partial charge in [0.05, 0.1) is 0 Å². The lowest BCUT2D eigenvalue weighted by Gasteiger charge is -2.08. The first kappa shape index (κ1) is 17.9. The zero-order valence-corrected chi connectivity index (χ0v) is 14.8. The summed E-state index contributed by atoms with van der Waals surface area (Å²) in [6.45, 7) is 2.01. The summed E-state index contributed by atoms with van der Waals surface area (Å²) in [5, 5.41) is 3.20. The molecule has 8 heteroatoms. The van der Waals surface area contributed by atoms with Crippen molar-refractivity contribution >= 4 is 32.1 Å². The van der Waals surface area contributed by atoms with E-state index in [1.54, 1.807) is 12.1 Å². The lowest BCUT2D eigenvalue weighted by atomic mass is 10.1. The SMILES string of the molecule is CCCC(N=O)c1cc2sc(-c3ccc(OC(F)(F)F)cc3)cc2s1. The summed E-state index contributed by atoms with van der Waals surface area (Å²) in [5.41, 5.74) is 0.822. The third-order valence-corrected chi connectivity index (χ3v) is 6.06. The van der Waals surface area contributed by atoms with Crippen molar-refractivity contribution in [2.75, 3.05) is 0 Å². The normalized spacial score (nSPS) is 13.1. The average Bonchev–Trinajstić information content (AvgIpc) is 3.10. The van der Waals surface area contributed by atoms with Gasteiger partial charge in [0.1, 0.15) is 11.8 Å². The molecule has 0 fully saturated rings. The number of ether oxygens (including phenoxy) is 1. The van der Waals surface area contributed by atoms with Gasteiger partial charge in [-0.25, -0.2) is 0 Å². The van der Waals surface area contributed by atoms with Crippen molar-refractivity contribution < 1.29 is 17.9 Å². The summed E-state index contributed by atoms with van der Waals surface area (Å²) in [6.07, 6.45) is -3.07. The first-order valence-electron chi connectivity index (χ1n) is 7.61. The maximum Gasteiger partial charge on any atom is 0.573 e. The Morgan fingerprint density at radius 1 is 1.12 bits per heavy atom. The van der Waals surface area contributed by atoms with Gasteiger partial charge in [0.2, 0.25) is 0 Å². The molecule has 0 bridgehead atoms. The second-order valence-electron chi connectivity index (χ2n) is 5.47. The van der Waals surface area contributed by atoms with E-state index in [0.717, 1.165) is 37.6 Å². The highest BCUT2D eigenvalue weighted by Gasteiger charge is 2.31. The van der Waals surface area contributed by atoms with Gasteiger partial charge < -0.3 is 4.74 Å². The number of nitroso groups, excluding NO2 is 1. The lowest BCUT2D eigenvalue weighted by molar-refractivity contribution is -0.274. The molecular weight excluding hydrogens is 371 g/mol. The highest BCUT2D eigenvalue weighted by molar-refractivity contribution is 7.29. The molecule has 1 unspecified atom stereocenters.